The summed E-state index contributed by atoms with van der Waals surface area (Å²) in [5.74, 6) is 0. The number of aryl methyl sites for hydroxylation is 2. The molecule has 0 radical (unpaired) electrons. The molecule has 2 heterocycles. The number of rotatable bonds is 3. The van der Waals surface area contributed by atoms with E-state index in [1.165, 1.54) is 65.8 Å². The second-order valence-electron chi connectivity index (χ2n) is 11.4. The maximum atomic E-state index is 4.37. The maximum Gasteiger partial charge on any atom is 0.143 e. The first-order chi connectivity index (χ1) is 18.1. The lowest BCUT2D eigenvalue weighted by atomic mass is 10.0. The van der Waals surface area contributed by atoms with Gasteiger partial charge in [-0.15, -0.1) is 13.2 Å². The molecule has 0 amide bonds. The van der Waals surface area contributed by atoms with E-state index in [2.05, 4.69) is 148 Å². The Kier molecular flexibility index (Phi) is 5.50. The molecule has 0 N–H and O–H groups in total. The predicted octanol–water partition coefficient (Wildman–Crippen LogP) is 5.97. The lowest BCUT2D eigenvalue weighted by Crippen LogP contribution is -2.60. The molecule has 0 spiro atoms. The zero-order valence-corrected chi connectivity index (χ0v) is 25.4. The van der Waals surface area contributed by atoms with Crippen molar-refractivity contribution in [2.45, 2.75) is 26.9 Å². The summed E-state index contributed by atoms with van der Waals surface area (Å²) in [5.41, 5.74) is 14.9. The average Bonchev–Trinajstić information content (AvgIpc) is 2.94. The molecule has 0 aliphatic carbocycles. The van der Waals surface area contributed by atoms with Gasteiger partial charge in [0.1, 0.15) is 16.1 Å². The van der Waals surface area contributed by atoms with Gasteiger partial charge in [0.05, 0.1) is 0 Å². The fourth-order valence-electron chi connectivity index (χ4n) is 6.55. The fraction of sp³-hybridized carbons (Fsp3) is 0.176. The highest BCUT2D eigenvalue weighted by atomic mass is 28.3. The summed E-state index contributed by atoms with van der Waals surface area (Å²) in [6.07, 6.45) is 0. The second kappa shape index (κ2) is 8.45. The Morgan fingerprint density at radius 2 is 0.842 bits per heavy atom. The van der Waals surface area contributed by atoms with Crippen molar-refractivity contribution < 1.29 is 0 Å². The molecule has 2 atom stereocenters. The molecule has 0 fully saturated rings. The highest BCUT2D eigenvalue weighted by Gasteiger charge is 2.40. The number of anilines is 4. The van der Waals surface area contributed by atoms with Crippen LogP contribution in [0.1, 0.15) is 11.1 Å². The molecule has 0 aromatic heterocycles. The van der Waals surface area contributed by atoms with E-state index < -0.39 is 16.1 Å². The summed E-state index contributed by atoms with van der Waals surface area (Å²) < 4.78 is 0. The molecule has 4 aromatic carbocycles. The fourth-order valence-corrected chi connectivity index (χ4v) is 13.1. The van der Waals surface area contributed by atoms with E-state index in [1.807, 2.05) is 0 Å². The third-order valence-electron chi connectivity index (χ3n) is 9.13. The van der Waals surface area contributed by atoms with Crippen LogP contribution in [-0.2, 0) is 0 Å². The third-order valence-corrected chi connectivity index (χ3v) is 16.8. The zero-order valence-electron chi connectivity index (χ0n) is 23.4. The molecule has 38 heavy (non-hydrogen) atoms. The highest BCUT2D eigenvalue weighted by Crippen LogP contribution is 2.36. The van der Waals surface area contributed by atoms with E-state index in [9.17, 15) is 0 Å². The largest absolute Gasteiger partial charge is 0.345 e. The molecule has 190 valence electrons. The SMILES string of the molecule is C=C[Si]1(C)c2cc(C)ccc2N(C)c2ccc(-c3ccc4c(c3)[Si](C)(C=C)c3cc(C)ccc3N4C)cc21. The molecule has 2 aliphatic rings. The van der Waals surface area contributed by atoms with E-state index in [-0.39, 0.29) is 0 Å². The Labute approximate surface area is 229 Å². The van der Waals surface area contributed by atoms with Gasteiger partial charge in [-0.05, 0) is 70.0 Å². The van der Waals surface area contributed by atoms with Crippen molar-refractivity contribution in [3.63, 3.8) is 0 Å². The van der Waals surface area contributed by atoms with Gasteiger partial charge < -0.3 is 9.80 Å². The van der Waals surface area contributed by atoms with Crippen molar-refractivity contribution >= 4 is 59.6 Å². The van der Waals surface area contributed by atoms with E-state index in [0.29, 0.717) is 0 Å². The molecule has 2 nitrogen and oxygen atoms in total. The van der Waals surface area contributed by atoms with E-state index in [4.69, 9.17) is 0 Å². The lowest BCUT2D eigenvalue weighted by molar-refractivity contribution is 1.21. The number of nitrogens with zero attached hydrogens (tertiary/aromatic N) is 2. The van der Waals surface area contributed by atoms with Crippen LogP contribution in [0.4, 0.5) is 22.7 Å². The van der Waals surface area contributed by atoms with Crippen LogP contribution in [0.3, 0.4) is 0 Å². The minimum Gasteiger partial charge on any atom is -0.345 e. The van der Waals surface area contributed by atoms with Crippen LogP contribution in [0, 0.1) is 13.8 Å². The van der Waals surface area contributed by atoms with Gasteiger partial charge in [-0.25, -0.2) is 0 Å². The van der Waals surface area contributed by atoms with Crippen molar-refractivity contribution in [1.29, 1.82) is 0 Å². The molecule has 6 rings (SSSR count). The summed E-state index contributed by atoms with van der Waals surface area (Å²) in [6, 6.07) is 27.9. The number of benzene rings is 4. The van der Waals surface area contributed by atoms with Crippen LogP contribution in [-0.4, -0.2) is 30.2 Å². The summed E-state index contributed by atoms with van der Waals surface area (Å²) >= 11 is 0. The third kappa shape index (κ3) is 3.30. The molecule has 0 saturated heterocycles. The van der Waals surface area contributed by atoms with Gasteiger partial charge in [0.15, 0.2) is 0 Å². The van der Waals surface area contributed by atoms with Crippen LogP contribution in [0.5, 0.6) is 0 Å². The summed E-state index contributed by atoms with van der Waals surface area (Å²) in [5, 5.41) is 5.77. The van der Waals surface area contributed by atoms with Crippen LogP contribution < -0.4 is 30.5 Å². The first kappa shape index (κ1) is 24.7. The minimum absolute atomic E-state index is 1.27. The molecule has 0 saturated carbocycles. The van der Waals surface area contributed by atoms with Crippen LogP contribution >= 0.6 is 0 Å². The summed E-state index contributed by atoms with van der Waals surface area (Å²) in [6.45, 7) is 18.0. The molecule has 2 unspecified atom stereocenters. The number of hydrogen-bond donors (Lipinski definition) is 0. The Morgan fingerprint density at radius 1 is 0.526 bits per heavy atom. The van der Waals surface area contributed by atoms with Crippen molar-refractivity contribution in [3.05, 3.63) is 108 Å². The Balaban J connectivity index is 1.53. The standard InChI is InChI=1S/C34H36N2Si2/c1-9-37(7)31-19-23(3)11-15-27(31)35(5)29-17-13-25(21-33(29)37)26-14-18-30-34(22-26)38(8,10-2)32-20-24(4)12-16-28(32)36(30)6/h9-22H,1-2H2,3-8H3. The number of fused-ring (bicyclic) bond motifs is 4. The topological polar surface area (TPSA) is 6.48 Å². The Bertz CT molecular complexity index is 1530. The molecule has 2 aliphatic heterocycles. The normalized spacial score (nSPS) is 21.2. The highest BCUT2D eigenvalue weighted by molar-refractivity contribution is 7.07. The van der Waals surface area contributed by atoms with Crippen LogP contribution in [0.15, 0.2) is 97.4 Å². The number of hydrogen-bond acceptors (Lipinski definition) is 2. The van der Waals surface area contributed by atoms with Gasteiger partial charge in [-0.2, -0.15) is 0 Å². The van der Waals surface area contributed by atoms with Gasteiger partial charge in [0.25, 0.3) is 0 Å². The maximum absolute atomic E-state index is 4.37. The summed E-state index contributed by atoms with van der Waals surface area (Å²) in [7, 11) is 0.164. The molecule has 4 aromatic rings. The summed E-state index contributed by atoms with van der Waals surface area (Å²) in [4.78, 5) is 4.71. The predicted molar refractivity (Wildman–Crippen MR) is 173 cm³/mol. The van der Waals surface area contributed by atoms with E-state index in [1.54, 1.807) is 0 Å². The van der Waals surface area contributed by atoms with Crippen molar-refractivity contribution in [2.24, 2.45) is 0 Å². The molecule has 0 bridgehead atoms. The zero-order chi connectivity index (χ0) is 27.0. The molecular formula is C34H36N2Si2. The van der Waals surface area contributed by atoms with Gasteiger partial charge in [-0.3, -0.25) is 0 Å². The van der Waals surface area contributed by atoms with Gasteiger partial charge >= 0.3 is 0 Å². The van der Waals surface area contributed by atoms with E-state index in [0.717, 1.165) is 0 Å². The Hall–Kier alpha value is -3.61. The quantitative estimate of drug-likeness (QED) is 0.302. The first-order valence-electron chi connectivity index (χ1n) is 13.4. The van der Waals surface area contributed by atoms with Crippen LogP contribution in [0.25, 0.3) is 11.1 Å². The van der Waals surface area contributed by atoms with E-state index >= 15 is 0 Å². The molecular weight excluding hydrogens is 493 g/mol. The van der Waals surface area contributed by atoms with Crippen molar-refractivity contribution in [2.75, 3.05) is 23.9 Å². The van der Waals surface area contributed by atoms with Gasteiger partial charge in [-0.1, -0.05) is 84.2 Å². The van der Waals surface area contributed by atoms with Gasteiger partial charge in [0.2, 0.25) is 0 Å². The Morgan fingerprint density at radius 3 is 1.18 bits per heavy atom. The lowest BCUT2D eigenvalue weighted by Gasteiger charge is -2.40. The molecule has 4 heteroatoms. The first-order valence-corrected chi connectivity index (χ1v) is 18.5. The smallest absolute Gasteiger partial charge is 0.143 e. The average molecular weight is 529 g/mol. The monoisotopic (exact) mass is 528 g/mol. The second-order valence-corrected chi connectivity index (χ2v) is 19.2. The van der Waals surface area contributed by atoms with Gasteiger partial charge in [0, 0.05) is 36.8 Å². The van der Waals surface area contributed by atoms with Crippen molar-refractivity contribution in [3.8, 4) is 11.1 Å². The minimum atomic E-state index is -2.11. The van der Waals surface area contributed by atoms with Crippen molar-refractivity contribution in [1.82, 2.24) is 0 Å². The van der Waals surface area contributed by atoms with Crippen LogP contribution in [0.2, 0.25) is 13.1 Å².